The van der Waals surface area contributed by atoms with Crippen LogP contribution >= 0.6 is 7.60 Å². The number of rotatable bonds is 15. The number of unbranched alkanes of at least 4 members (excludes halogenated alkanes) is 2. The highest BCUT2D eigenvalue weighted by Gasteiger charge is 2.42. The number of aliphatic carboxylic acids is 1. The summed E-state index contributed by atoms with van der Waals surface area (Å²) in [5.41, 5.74) is 11.4. The molecule has 2 rings (SSSR count). The van der Waals surface area contributed by atoms with Crippen molar-refractivity contribution in [2.45, 2.75) is 69.3 Å². The maximum absolute atomic E-state index is 13.4. The van der Waals surface area contributed by atoms with Crippen LogP contribution in [-0.4, -0.2) is 70.2 Å². The Hall–Kier alpha value is -2.30. The smallest absolute Gasteiger partial charge is 0.350 e. The number of carbonyl (C=O) groups excluding carboxylic acids is 2. The summed E-state index contributed by atoms with van der Waals surface area (Å²) in [6.07, 6.45) is 1.77. The summed E-state index contributed by atoms with van der Waals surface area (Å²) in [6, 6.07) is 7.25. The molecule has 1 fully saturated rings. The number of amides is 2. The van der Waals surface area contributed by atoms with Gasteiger partial charge in [0.15, 0.2) is 0 Å². The third-order valence-electron chi connectivity index (χ3n) is 5.95. The minimum Gasteiger partial charge on any atom is -0.480 e. The van der Waals surface area contributed by atoms with E-state index in [9.17, 15) is 28.9 Å². The third-order valence-corrected chi connectivity index (χ3v) is 7.69. The molecule has 1 aliphatic rings. The number of nitrogens with two attached hydrogens (primary N) is 2. The van der Waals surface area contributed by atoms with Crippen LogP contribution in [0.1, 0.15) is 61.7 Å². The van der Waals surface area contributed by atoms with E-state index in [1.54, 1.807) is 30.3 Å². The Labute approximate surface area is 205 Å². The maximum Gasteiger partial charge on any atom is 0.350 e. The van der Waals surface area contributed by atoms with Crippen molar-refractivity contribution < 1.29 is 33.5 Å². The lowest BCUT2D eigenvalue weighted by Crippen LogP contribution is -2.46. The normalized spacial score (nSPS) is 19.1. The SMILES string of the molecule is NCCCCC(OP(=O)(O)[C@@H](CCCCN)NC(=O)c1ccccc1)C(=O)N1CCC[C@H]1C(=O)O. The predicted molar refractivity (Wildman–Crippen MR) is 131 cm³/mol. The number of nitrogens with zero attached hydrogens (tertiary/aromatic N) is 1. The van der Waals surface area contributed by atoms with Crippen LogP contribution in [0.4, 0.5) is 0 Å². The summed E-state index contributed by atoms with van der Waals surface area (Å²) in [4.78, 5) is 49.7. The molecule has 7 N–H and O–H groups in total. The van der Waals surface area contributed by atoms with E-state index in [1.807, 2.05) is 0 Å². The predicted octanol–water partition coefficient (Wildman–Crippen LogP) is 1.65. The first kappa shape index (κ1) is 28.9. The number of hydrogen-bond donors (Lipinski definition) is 5. The number of nitrogens with one attached hydrogen (secondary N) is 1. The second-order valence-electron chi connectivity index (χ2n) is 8.61. The van der Waals surface area contributed by atoms with Crippen LogP contribution in [0.2, 0.25) is 0 Å². The molecule has 0 radical (unpaired) electrons. The van der Waals surface area contributed by atoms with Crippen molar-refractivity contribution in [1.29, 1.82) is 0 Å². The van der Waals surface area contributed by atoms with Gasteiger partial charge in [0.1, 0.15) is 17.9 Å². The first-order valence-corrected chi connectivity index (χ1v) is 13.7. The Bertz CT molecular complexity index is 886. The van der Waals surface area contributed by atoms with E-state index in [0.29, 0.717) is 57.2 Å². The van der Waals surface area contributed by atoms with E-state index in [4.69, 9.17) is 16.0 Å². The molecule has 0 aliphatic carbocycles. The first-order chi connectivity index (χ1) is 16.7. The van der Waals surface area contributed by atoms with Gasteiger partial charge >= 0.3 is 13.6 Å². The number of carbonyl (C=O) groups is 3. The topological polar surface area (TPSA) is 185 Å². The van der Waals surface area contributed by atoms with E-state index in [1.165, 1.54) is 4.90 Å². The molecule has 196 valence electrons. The lowest BCUT2D eigenvalue weighted by molar-refractivity contribution is -0.151. The molecule has 1 aromatic rings. The third kappa shape index (κ3) is 8.70. The number of carboxylic acids is 1. The summed E-state index contributed by atoms with van der Waals surface area (Å²) >= 11 is 0. The van der Waals surface area contributed by atoms with Crippen molar-refractivity contribution in [1.82, 2.24) is 10.2 Å². The van der Waals surface area contributed by atoms with Crippen LogP contribution < -0.4 is 16.8 Å². The molecule has 0 bridgehead atoms. The fraction of sp³-hybridized carbons (Fsp3) is 0.609. The largest absolute Gasteiger partial charge is 0.480 e. The summed E-state index contributed by atoms with van der Waals surface area (Å²) in [7, 11) is -4.56. The number of benzene rings is 1. The Morgan fingerprint density at radius 3 is 2.31 bits per heavy atom. The highest BCUT2D eigenvalue weighted by atomic mass is 31.2. The van der Waals surface area contributed by atoms with Gasteiger partial charge in [-0.2, -0.15) is 0 Å². The number of hydrogen-bond acceptors (Lipinski definition) is 7. The summed E-state index contributed by atoms with van der Waals surface area (Å²) in [5, 5.41) is 12.0. The Kier molecular flexibility index (Phi) is 11.8. The van der Waals surface area contributed by atoms with Crippen molar-refractivity contribution in [2.75, 3.05) is 19.6 Å². The molecular formula is C23H37N4O7P. The zero-order chi connectivity index (χ0) is 25.8. The quantitative estimate of drug-likeness (QED) is 0.172. The number of carboxylic acid groups (broad SMARTS) is 1. The molecule has 1 aliphatic heterocycles. The lowest BCUT2D eigenvalue weighted by atomic mass is 10.1. The first-order valence-electron chi connectivity index (χ1n) is 12.0. The molecule has 1 saturated heterocycles. The van der Waals surface area contributed by atoms with Gasteiger partial charge in [0.25, 0.3) is 11.8 Å². The molecule has 2 unspecified atom stereocenters. The van der Waals surface area contributed by atoms with Crippen LogP contribution in [0.25, 0.3) is 0 Å². The molecular weight excluding hydrogens is 475 g/mol. The Balaban J connectivity index is 2.24. The Morgan fingerprint density at radius 2 is 1.71 bits per heavy atom. The summed E-state index contributed by atoms with van der Waals surface area (Å²) in [6.45, 7) is 0.975. The summed E-state index contributed by atoms with van der Waals surface area (Å²) < 4.78 is 19.0. The van der Waals surface area contributed by atoms with Crippen molar-refractivity contribution in [3.8, 4) is 0 Å². The van der Waals surface area contributed by atoms with Crippen LogP contribution in [0, 0.1) is 0 Å². The molecule has 11 nitrogen and oxygen atoms in total. The van der Waals surface area contributed by atoms with Gasteiger partial charge < -0.3 is 31.7 Å². The van der Waals surface area contributed by atoms with E-state index >= 15 is 0 Å². The van der Waals surface area contributed by atoms with Gasteiger partial charge in [0.05, 0.1) is 0 Å². The second kappa shape index (κ2) is 14.3. The highest BCUT2D eigenvalue weighted by Crippen LogP contribution is 2.50. The molecule has 0 aromatic heterocycles. The van der Waals surface area contributed by atoms with Crippen molar-refractivity contribution in [2.24, 2.45) is 11.5 Å². The molecule has 0 spiro atoms. The monoisotopic (exact) mass is 512 g/mol. The zero-order valence-corrected chi connectivity index (χ0v) is 20.8. The molecule has 12 heteroatoms. The van der Waals surface area contributed by atoms with Gasteiger partial charge in [-0.15, -0.1) is 0 Å². The molecule has 2 amide bonds. The van der Waals surface area contributed by atoms with Gasteiger partial charge in [-0.05, 0) is 76.6 Å². The van der Waals surface area contributed by atoms with Crippen LogP contribution in [0.5, 0.6) is 0 Å². The minimum atomic E-state index is -4.56. The molecule has 4 atom stereocenters. The average molecular weight is 513 g/mol. The zero-order valence-electron chi connectivity index (χ0n) is 19.9. The van der Waals surface area contributed by atoms with Gasteiger partial charge in [-0.3, -0.25) is 18.7 Å². The fourth-order valence-electron chi connectivity index (χ4n) is 4.05. The van der Waals surface area contributed by atoms with Gasteiger partial charge in [-0.1, -0.05) is 18.2 Å². The molecule has 0 saturated carbocycles. The van der Waals surface area contributed by atoms with Gasteiger partial charge in [0.2, 0.25) is 0 Å². The molecule has 1 aromatic carbocycles. The van der Waals surface area contributed by atoms with Crippen LogP contribution in [-0.2, 0) is 18.7 Å². The van der Waals surface area contributed by atoms with Crippen molar-refractivity contribution in [3.63, 3.8) is 0 Å². The highest BCUT2D eigenvalue weighted by molar-refractivity contribution is 7.53. The minimum absolute atomic E-state index is 0.103. The number of likely N-dealkylation sites (tertiary alicyclic amines) is 1. The van der Waals surface area contributed by atoms with E-state index in [-0.39, 0.29) is 19.4 Å². The van der Waals surface area contributed by atoms with E-state index < -0.39 is 43.3 Å². The van der Waals surface area contributed by atoms with Crippen molar-refractivity contribution in [3.05, 3.63) is 35.9 Å². The molecule has 1 heterocycles. The second-order valence-corrected chi connectivity index (χ2v) is 10.6. The van der Waals surface area contributed by atoms with E-state index in [2.05, 4.69) is 5.32 Å². The Morgan fingerprint density at radius 1 is 1.09 bits per heavy atom. The lowest BCUT2D eigenvalue weighted by Gasteiger charge is -2.30. The van der Waals surface area contributed by atoms with Gasteiger partial charge in [0, 0.05) is 12.1 Å². The standard InChI is InChI=1S/C23H37N4O7P/c24-14-6-4-12-19(22(29)27-16-8-11-18(27)23(30)31)34-35(32,33)20(13-5-7-15-25)26-21(28)17-9-2-1-3-10-17/h1-3,9-10,18-20H,4-8,11-16,24-25H2,(H,26,28)(H,30,31)(H,32,33)/t18-,19?,20-/m0/s1. The fourth-order valence-corrected chi connectivity index (χ4v) is 5.54. The summed E-state index contributed by atoms with van der Waals surface area (Å²) in [5.74, 6) is -3.58. The van der Waals surface area contributed by atoms with Gasteiger partial charge in [-0.25, -0.2) is 4.79 Å². The molecule has 35 heavy (non-hydrogen) atoms. The average Bonchev–Trinajstić information content (AvgIpc) is 3.33. The van der Waals surface area contributed by atoms with Crippen molar-refractivity contribution >= 4 is 25.4 Å². The maximum atomic E-state index is 13.4. The van der Waals surface area contributed by atoms with Crippen LogP contribution in [0.3, 0.4) is 0 Å². The van der Waals surface area contributed by atoms with E-state index in [0.717, 1.165) is 0 Å². The van der Waals surface area contributed by atoms with Crippen LogP contribution in [0.15, 0.2) is 30.3 Å².